The summed E-state index contributed by atoms with van der Waals surface area (Å²) in [6, 6.07) is 12.0. The van der Waals surface area contributed by atoms with Gasteiger partial charge >= 0.3 is 6.03 Å². The predicted molar refractivity (Wildman–Crippen MR) is 71.1 cm³/mol. The largest absolute Gasteiger partial charge is 0.465 e. The van der Waals surface area contributed by atoms with E-state index in [4.69, 9.17) is 10.2 Å². The summed E-state index contributed by atoms with van der Waals surface area (Å²) in [6.45, 7) is -0.0138. The maximum absolute atomic E-state index is 10.9. The van der Waals surface area contributed by atoms with Crippen LogP contribution in [0.2, 0.25) is 0 Å². The van der Waals surface area contributed by atoms with E-state index < -0.39 is 6.03 Å². The van der Waals surface area contributed by atoms with Crippen LogP contribution in [0.3, 0.4) is 0 Å². The van der Waals surface area contributed by atoms with Gasteiger partial charge in [-0.1, -0.05) is 30.3 Å². The second-order valence-electron chi connectivity index (χ2n) is 3.95. The number of nitrogens with two attached hydrogens (primary N) is 1. The fourth-order valence-electron chi connectivity index (χ4n) is 1.66. The van der Waals surface area contributed by atoms with E-state index >= 15 is 0 Å². The minimum absolute atomic E-state index is 0.0138. The van der Waals surface area contributed by atoms with Gasteiger partial charge in [-0.25, -0.2) is 9.86 Å². The summed E-state index contributed by atoms with van der Waals surface area (Å²) in [6.07, 6.45) is 3.31. The number of rotatable bonds is 4. The van der Waals surface area contributed by atoms with Crippen molar-refractivity contribution < 1.29 is 14.4 Å². The molecule has 0 spiro atoms. The van der Waals surface area contributed by atoms with Crippen molar-refractivity contribution in [2.45, 2.75) is 0 Å². The van der Waals surface area contributed by atoms with Crippen LogP contribution in [-0.4, -0.2) is 22.8 Å². The molecule has 0 aliphatic rings. The average molecular weight is 258 g/mol. The van der Waals surface area contributed by atoms with E-state index in [0.717, 1.165) is 11.1 Å². The van der Waals surface area contributed by atoms with E-state index in [1.54, 1.807) is 24.5 Å². The molecule has 98 valence electrons. The molecule has 0 fully saturated rings. The lowest BCUT2D eigenvalue weighted by Crippen LogP contribution is -2.33. The first-order valence-electron chi connectivity index (χ1n) is 5.72. The molecule has 5 nitrogen and oxygen atoms in total. The van der Waals surface area contributed by atoms with E-state index in [0.29, 0.717) is 10.8 Å². The van der Waals surface area contributed by atoms with E-state index in [1.165, 1.54) is 0 Å². The molecular weight excluding hydrogens is 244 g/mol. The van der Waals surface area contributed by atoms with Gasteiger partial charge < -0.3 is 10.2 Å². The van der Waals surface area contributed by atoms with Crippen LogP contribution in [-0.2, 0) is 0 Å². The van der Waals surface area contributed by atoms with Crippen LogP contribution < -0.4 is 5.73 Å². The topological polar surface area (TPSA) is 79.7 Å². The molecule has 2 rings (SSSR count). The number of nitrogens with zero attached hydrogens (tertiary/aromatic N) is 1. The van der Waals surface area contributed by atoms with Crippen LogP contribution >= 0.6 is 0 Å². The van der Waals surface area contributed by atoms with Gasteiger partial charge in [0.2, 0.25) is 0 Å². The molecule has 5 heteroatoms. The Hall–Kier alpha value is -2.53. The predicted octanol–water partition coefficient (Wildman–Crippen LogP) is 2.59. The number of hydrogen-bond donors (Lipinski definition) is 2. The van der Waals surface area contributed by atoms with Crippen LogP contribution in [0.15, 0.2) is 53.1 Å². The molecule has 0 saturated heterocycles. The summed E-state index contributed by atoms with van der Waals surface area (Å²) in [4.78, 5) is 10.9. The van der Waals surface area contributed by atoms with Crippen molar-refractivity contribution in [3.05, 3.63) is 60.1 Å². The van der Waals surface area contributed by atoms with Crippen LogP contribution in [0.5, 0.6) is 0 Å². The number of benzene rings is 1. The minimum Gasteiger partial charge on any atom is -0.465 e. The molecule has 0 bridgehead atoms. The van der Waals surface area contributed by atoms with E-state index in [-0.39, 0.29) is 6.54 Å². The maximum atomic E-state index is 10.9. The lowest BCUT2D eigenvalue weighted by atomic mass is 10.0. The maximum Gasteiger partial charge on any atom is 0.338 e. The van der Waals surface area contributed by atoms with Crippen molar-refractivity contribution in [3.63, 3.8) is 0 Å². The molecule has 0 aliphatic heterocycles. The first kappa shape index (κ1) is 12.9. The average Bonchev–Trinajstić information content (AvgIpc) is 2.91. The fraction of sp³-hybridized carbons (Fsp3) is 0.0714. The van der Waals surface area contributed by atoms with Crippen LogP contribution in [0.4, 0.5) is 4.79 Å². The Balaban J connectivity index is 2.31. The molecule has 1 heterocycles. The highest BCUT2D eigenvalue weighted by molar-refractivity contribution is 5.83. The minimum atomic E-state index is -0.902. The summed E-state index contributed by atoms with van der Waals surface area (Å²) < 4.78 is 5.23. The monoisotopic (exact) mass is 258 g/mol. The zero-order chi connectivity index (χ0) is 13.7. The first-order chi connectivity index (χ1) is 9.16. The van der Waals surface area contributed by atoms with Gasteiger partial charge in [-0.3, -0.25) is 5.21 Å². The van der Waals surface area contributed by atoms with Crippen LogP contribution in [0.25, 0.3) is 11.6 Å². The molecular formula is C14H14N2O3. The van der Waals surface area contributed by atoms with E-state index in [2.05, 4.69) is 0 Å². The third kappa shape index (κ3) is 3.46. The third-order valence-corrected chi connectivity index (χ3v) is 2.58. The Morgan fingerprint density at radius 3 is 2.58 bits per heavy atom. The molecule has 1 aromatic carbocycles. The van der Waals surface area contributed by atoms with Gasteiger partial charge in [0.15, 0.2) is 0 Å². The van der Waals surface area contributed by atoms with Gasteiger partial charge in [0.1, 0.15) is 5.76 Å². The summed E-state index contributed by atoms with van der Waals surface area (Å²) >= 11 is 0. The lowest BCUT2D eigenvalue weighted by molar-refractivity contribution is -0.0267. The standard InChI is InChI=1S/C14H14N2O3/c15-14(17)16(18)10-12(9-13-7-4-8-19-13)11-5-2-1-3-6-11/h1-9,18H,10H2,(H2,15,17). The molecule has 0 aliphatic carbocycles. The molecule has 0 atom stereocenters. The first-order valence-corrected chi connectivity index (χ1v) is 5.72. The highest BCUT2D eigenvalue weighted by Crippen LogP contribution is 2.19. The highest BCUT2D eigenvalue weighted by atomic mass is 16.5. The number of primary amides is 1. The fourth-order valence-corrected chi connectivity index (χ4v) is 1.66. The molecule has 0 radical (unpaired) electrons. The summed E-state index contributed by atoms with van der Waals surface area (Å²) in [5.41, 5.74) is 6.62. The number of carbonyl (C=O) groups excluding carboxylic acids is 1. The van der Waals surface area contributed by atoms with Gasteiger partial charge in [0.05, 0.1) is 12.8 Å². The Kier molecular flexibility index (Phi) is 4.00. The van der Waals surface area contributed by atoms with Gasteiger partial charge in [0.25, 0.3) is 0 Å². The number of amides is 2. The lowest BCUT2D eigenvalue weighted by Gasteiger charge is -2.14. The van der Waals surface area contributed by atoms with Crippen LogP contribution in [0, 0.1) is 0 Å². The van der Waals surface area contributed by atoms with Gasteiger partial charge in [-0.05, 0) is 29.3 Å². The Morgan fingerprint density at radius 2 is 2.00 bits per heavy atom. The molecule has 2 aromatic rings. The highest BCUT2D eigenvalue weighted by Gasteiger charge is 2.11. The van der Waals surface area contributed by atoms with Crippen molar-refractivity contribution in [2.75, 3.05) is 6.54 Å². The van der Waals surface area contributed by atoms with Gasteiger partial charge in [0, 0.05) is 0 Å². The second-order valence-corrected chi connectivity index (χ2v) is 3.95. The number of hydroxylamine groups is 2. The quantitative estimate of drug-likeness (QED) is 0.653. The summed E-state index contributed by atoms with van der Waals surface area (Å²) in [5.74, 6) is 0.636. The SMILES string of the molecule is NC(=O)N(O)CC(=Cc1ccco1)c1ccccc1. The smallest absolute Gasteiger partial charge is 0.338 e. The number of hydrogen-bond acceptors (Lipinski definition) is 3. The van der Waals surface area contributed by atoms with Gasteiger partial charge in [-0.15, -0.1) is 0 Å². The van der Waals surface area contributed by atoms with E-state index in [9.17, 15) is 10.0 Å². The zero-order valence-electron chi connectivity index (χ0n) is 10.2. The summed E-state index contributed by atoms with van der Waals surface area (Å²) in [7, 11) is 0. The van der Waals surface area contributed by atoms with Crippen molar-refractivity contribution in [3.8, 4) is 0 Å². The zero-order valence-corrected chi connectivity index (χ0v) is 10.2. The van der Waals surface area contributed by atoms with Gasteiger partial charge in [-0.2, -0.15) is 0 Å². The molecule has 2 amide bonds. The Bertz CT molecular complexity index is 562. The Labute approximate surface area is 110 Å². The molecule has 0 saturated carbocycles. The summed E-state index contributed by atoms with van der Waals surface area (Å²) in [5, 5.41) is 9.93. The molecule has 0 unspecified atom stereocenters. The molecule has 1 aromatic heterocycles. The normalized spacial score (nSPS) is 11.3. The van der Waals surface area contributed by atoms with E-state index in [1.807, 2.05) is 30.3 Å². The molecule has 3 N–H and O–H groups in total. The van der Waals surface area contributed by atoms with Crippen LogP contribution in [0.1, 0.15) is 11.3 Å². The van der Waals surface area contributed by atoms with Crippen molar-refractivity contribution in [1.82, 2.24) is 5.06 Å². The van der Waals surface area contributed by atoms with Crippen molar-refractivity contribution >= 4 is 17.7 Å². The number of urea groups is 1. The van der Waals surface area contributed by atoms with Crippen molar-refractivity contribution in [2.24, 2.45) is 5.73 Å². The Morgan fingerprint density at radius 1 is 1.26 bits per heavy atom. The molecule has 19 heavy (non-hydrogen) atoms. The number of carbonyl (C=O) groups is 1. The third-order valence-electron chi connectivity index (χ3n) is 2.58. The van der Waals surface area contributed by atoms with Crippen molar-refractivity contribution in [1.29, 1.82) is 0 Å². The second kappa shape index (κ2) is 5.88. The number of furan rings is 1.